The predicted molar refractivity (Wildman–Crippen MR) is 83.9 cm³/mol. The van der Waals surface area contributed by atoms with Crippen molar-refractivity contribution < 1.29 is 14.6 Å². The number of nitrogens with one attached hydrogen (secondary N) is 1. The molecule has 6 heteroatoms. The minimum Gasteiger partial charge on any atom is -0.504 e. The third-order valence-corrected chi connectivity index (χ3v) is 3.16. The largest absolute Gasteiger partial charge is 0.504 e. The Morgan fingerprint density at radius 2 is 2.14 bits per heavy atom. The van der Waals surface area contributed by atoms with Crippen LogP contribution in [-0.2, 0) is 0 Å². The first-order valence-electron chi connectivity index (χ1n) is 6.06. The first kappa shape index (κ1) is 15.1. The Morgan fingerprint density at radius 3 is 2.86 bits per heavy atom. The van der Waals surface area contributed by atoms with E-state index in [9.17, 15) is 9.90 Å². The first-order chi connectivity index (χ1) is 10.1. The number of rotatable bonds is 4. The van der Waals surface area contributed by atoms with Gasteiger partial charge in [-0.15, -0.1) is 0 Å². The average Bonchev–Trinajstić information content (AvgIpc) is 2.48. The molecule has 0 aliphatic heterocycles. The van der Waals surface area contributed by atoms with Gasteiger partial charge in [0.1, 0.15) is 0 Å². The van der Waals surface area contributed by atoms with Crippen LogP contribution in [0, 0.1) is 0 Å². The van der Waals surface area contributed by atoms with Crippen molar-refractivity contribution in [2.45, 2.75) is 0 Å². The zero-order valence-electron chi connectivity index (χ0n) is 11.2. The van der Waals surface area contributed by atoms with E-state index < -0.39 is 0 Å². The van der Waals surface area contributed by atoms with Gasteiger partial charge in [0.05, 0.1) is 13.3 Å². The van der Waals surface area contributed by atoms with E-state index in [0.717, 1.165) is 4.47 Å². The van der Waals surface area contributed by atoms with Crippen LogP contribution in [0.5, 0.6) is 11.5 Å². The molecule has 108 valence electrons. The quantitative estimate of drug-likeness (QED) is 0.659. The van der Waals surface area contributed by atoms with Crippen molar-refractivity contribution in [2.75, 3.05) is 7.11 Å². The number of nitrogens with zero attached hydrogens (tertiary/aromatic N) is 1. The topological polar surface area (TPSA) is 70.9 Å². The maximum absolute atomic E-state index is 11.9. The molecule has 1 amide bonds. The third-order valence-electron chi connectivity index (χ3n) is 2.67. The van der Waals surface area contributed by atoms with Crippen LogP contribution in [0.4, 0.5) is 0 Å². The van der Waals surface area contributed by atoms with E-state index in [0.29, 0.717) is 16.9 Å². The van der Waals surface area contributed by atoms with Crippen LogP contribution >= 0.6 is 15.9 Å². The van der Waals surface area contributed by atoms with E-state index in [1.165, 1.54) is 19.4 Å². The summed E-state index contributed by atoms with van der Waals surface area (Å²) in [6, 6.07) is 11.8. The van der Waals surface area contributed by atoms with Crippen LogP contribution in [0.25, 0.3) is 0 Å². The number of phenols is 1. The van der Waals surface area contributed by atoms with Crippen molar-refractivity contribution in [1.82, 2.24) is 5.43 Å². The van der Waals surface area contributed by atoms with E-state index in [2.05, 4.69) is 26.5 Å². The van der Waals surface area contributed by atoms with Gasteiger partial charge in [0.15, 0.2) is 11.5 Å². The molecule has 0 atom stereocenters. The Bertz CT molecular complexity index is 686. The van der Waals surface area contributed by atoms with Crippen LogP contribution in [0.15, 0.2) is 52.0 Å². The SMILES string of the molecule is COc1cc(/C=N\NC(=O)c2cccc(Br)c2)ccc1O. The molecule has 0 radical (unpaired) electrons. The highest BCUT2D eigenvalue weighted by Crippen LogP contribution is 2.25. The van der Waals surface area contributed by atoms with Crippen molar-refractivity contribution >= 4 is 28.1 Å². The van der Waals surface area contributed by atoms with Crippen LogP contribution in [0.2, 0.25) is 0 Å². The lowest BCUT2D eigenvalue weighted by Crippen LogP contribution is -2.17. The van der Waals surface area contributed by atoms with Crippen molar-refractivity contribution in [3.63, 3.8) is 0 Å². The summed E-state index contributed by atoms with van der Waals surface area (Å²) in [5.41, 5.74) is 3.63. The number of carbonyl (C=O) groups excluding carboxylic acids is 1. The first-order valence-corrected chi connectivity index (χ1v) is 6.85. The number of phenolic OH excluding ortho intramolecular Hbond substituents is 1. The predicted octanol–water partition coefficient (Wildman–Crippen LogP) is 2.93. The Labute approximate surface area is 130 Å². The van der Waals surface area contributed by atoms with Crippen LogP contribution in [0.1, 0.15) is 15.9 Å². The number of aromatic hydroxyl groups is 1. The minimum atomic E-state index is -0.307. The Morgan fingerprint density at radius 1 is 1.33 bits per heavy atom. The zero-order chi connectivity index (χ0) is 15.2. The fourth-order valence-electron chi connectivity index (χ4n) is 1.63. The van der Waals surface area contributed by atoms with Crippen LogP contribution in [-0.4, -0.2) is 24.3 Å². The number of hydrogen-bond donors (Lipinski definition) is 2. The zero-order valence-corrected chi connectivity index (χ0v) is 12.8. The molecule has 2 N–H and O–H groups in total. The lowest BCUT2D eigenvalue weighted by Gasteiger charge is -2.03. The smallest absolute Gasteiger partial charge is 0.271 e. The second kappa shape index (κ2) is 6.90. The van der Waals surface area contributed by atoms with E-state index in [1.807, 2.05) is 6.07 Å². The lowest BCUT2D eigenvalue weighted by atomic mass is 10.2. The van der Waals surface area contributed by atoms with E-state index in [-0.39, 0.29) is 11.7 Å². The summed E-state index contributed by atoms with van der Waals surface area (Å²) in [5, 5.41) is 13.4. The molecule has 0 heterocycles. The number of methoxy groups -OCH3 is 1. The van der Waals surface area contributed by atoms with Gasteiger partial charge >= 0.3 is 0 Å². The monoisotopic (exact) mass is 348 g/mol. The molecule has 2 aromatic rings. The van der Waals surface area contributed by atoms with Gasteiger partial charge in [-0.2, -0.15) is 5.10 Å². The summed E-state index contributed by atoms with van der Waals surface area (Å²) in [6.07, 6.45) is 1.47. The van der Waals surface area contributed by atoms with Crippen LogP contribution in [0.3, 0.4) is 0 Å². The highest BCUT2D eigenvalue weighted by atomic mass is 79.9. The van der Waals surface area contributed by atoms with E-state index >= 15 is 0 Å². The molecule has 0 spiro atoms. The third kappa shape index (κ3) is 4.06. The summed E-state index contributed by atoms with van der Waals surface area (Å²) in [6.45, 7) is 0. The molecular weight excluding hydrogens is 336 g/mol. The van der Waals surface area contributed by atoms with Gasteiger partial charge in [-0.3, -0.25) is 4.79 Å². The number of halogens is 1. The minimum absolute atomic E-state index is 0.0489. The van der Waals surface area contributed by atoms with Gasteiger partial charge in [0.25, 0.3) is 5.91 Å². The molecule has 0 unspecified atom stereocenters. The van der Waals surface area contributed by atoms with Gasteiger partial charge in [0, 0.05) is 10.0 Å². The summed E-state index contributed by atoms with van der Waals surface area (Å²) in [5.74, 6) is 0.0865. The molecule has 0 bridgehead atoms. The number of hydrazone groups is 1. The fraction of sp³-hybridized carbons (Fsp3) is 0.0667. The molecule has 0 fully saturated rings. The second-order valence-electron chi connectivity index (χ2n) is 4.14. The molecule has 21 heavy (non-hydrogen) atoms. The normalized spacial score (nSPS) is 10.6. The van der Waals surface area contributed by atoms with E-state index in [4.69, 9.17) is 4.74 Å². The molecule has 0 aromatic heterocycles. The molecule has 0 aliphatic carbocycles. The number of ether oxygens (including phenoxy) is 1. The number of carbonyl (C=O) groups is 1. The lowest BCUT2D eigenvalue weighted by molar-refractivity contribution is 0.0955. The molecule has 0 saturated carbocycles. The molecule has 0 aliphatic rings. The van der Waals surface area contributed by atoms with Crippen molar-refractivity contribution in [1.29, 1.82) is 0 Å². The van der Waals surface area contributed by atoms with Crippen LogP contribution < -0.4 is 10.2 Å². The molecular formula is C15H13BrN2O3. The average molecular weight is 349 g/mol. The number of amides is 1. The molecule has 5 nitrogen and oxygen atoms in total. The van der Waals surface area contributed by atoms with E-state index in [1.54, 1.807) is 30.3 Å². The van der Waals surface area contributed by atoms with Crippen molar-refractivity contribution in [3.8, 4) is 11.5 Å². The highest BCUT2D eigenvalue weighted by Gasteiger charge is 2.04. The van der Waals surface area contributed by atoms with Crippen molar-refractivity contribution in [3.05, 3.63) is 58.1 Å². The summed E-state index contributed by atoms with van der Waals surface area (Å²) < 4.78 is 5.81. The number of benzene rings is 2. The maximum Gasteiger partial charge on any atom is 0.271 e. The summed E-state index contributed by atoms with van der Waals surface area (Å²) >= 11 is 3.30. The number of hydrogen-bond acceptors (Lipinski definition) is 4. The van der Waals surface area contributed by atoms with Crippen molar-refractivity contribution in [2.24, 2.45) is 5.10 Å². The fourth-order valence-corrected chi connectivity index (χ4v) is 2.03. The Balaban J connectivity index is 2.04. The van der Waals surface area contributed by atoms with Gasteiger partial charge in [-0.1, -0.05) is 22.0 Å². The standard InChI is InChI=1S/C15H13BrN2O3/c1-21-14-7-10(5-6-13(14)19)9-17-18-15(20)11-3-2-4-12(16)8-11/h2-9,19H,1H3,(H,18,20)/b17-9-. The molecule has 0 saturated heterocycles. The Hall–Kier alpha value is -2.34. The van der Waals surface area contributed by atoms with Gasteiger partial charge in [-0.25, -0.2) is 5.43 Å². The molecule has 2 aromatic carbocycles. The second-order valence-corrected chi connectivity index (χ2v) is 5.06. The van der Waals surface area contributed by atoms with Gasteiger partial charge < -0.3 is 9.84 Å². The summed E-state index contributed by atoms with van der Waals surface area (Å²) in [4.78, 5) is 11.9. The van der Waals surface area contributed by atoms with Gasteiger partial charge in [-0.05, 0) is 42.0 Å². The summed E-state index contributed by atoms with van der Waals surface area (Å²) in [7, 11) is 1.46. The maximum atomic E-state index is 11.9. The Kier molecular flexibility index (Phi) is 4.94. The highest BCUT2D eigenvalue weighted by molar-refractivity contribution is 9.10. The van der Waals surface area contributed by atoms with Gasteiger partial charge in [0.2, 0.25) is 0 Å². The molecule has 2 rings (SSSR count).